The molecule has 0 unspecified atom stereocenters. The minimum atomic E-state index is -0.628. The zero-order chi connectivity index (χ0) is 12.1. The number of carbonyl (C=O) groups excluding carboxylic acids is 2. The summed E-state index contributed by atoms with van der Waals surface area (Å²) in [7, 11) is 1.23. The molecule has 0 fully saturated rings. The van der Waals surface area contributed by atoms with Gasteiger partial charge in [0.2, 0.25) is 0 Å². The summed E-state index contributed by atoms with van der Waals surface area (Å²) < 4.78 is 4.55. The summed E-state index contributed by atoms with van der Waals surface area (Å²) in [5, 5.41) is 0.732. The third-order valence-corrected chi connectivity index (χ3v) is 2.41. The Morgan fingerprint density at radius 1 is 1.38 bits per heavy atom. The van der Waals surface area contributed by atoms with Gasteiger partial charge in [-0.3, -0.25) is 4.79 Å². The summed E-state index contributed by atoms with van der Waals surface area (Å²) in [5.74, 6) is -0.628. The Bertz CT molecular complexity index is 453. The summed E-state index contributed by atoms with van der Waals surface area (Å²) in [6, 6.07) is 4.61. The molecule has 1 rings (SSSR count). The number of halogens is 2. The third kappa shape index (κ3) is 2.84. The van der Waals surface area contributed by atoms with Crippen molar-refractivity contribution in [3.63, 3.8) is 0 Å². The van der Waals surface area contributed by atoms with Crippen LogP contribution in [-0.4, -0.2) is 19.4 Å². The molecule has 0 amide bonds. The van der Waals surface area contributed by atoms with Crippen molar-refractivity contribution in [1.29, 1.82) is 0 Å². The number of ether oxygens (including phenoxy) is 1. The molecule has 84 valence electrons. The maximum Gasteiger partial charge on any atom is 0.338 e. The van der Waals surface area contributed by atoms with E-state index in [0.717, 1.165) is 6.08 Å². The monoisotopic (exact) mass is 258 g/mol. The molecule has 0 aliphatic carbocycles. The molecule has 0 saturated heterocycles. The first-order chi connectivity index (χ1) is 7.60. The second kappa shape index (κ2) is 5.68. The van der Waals surface area contributed by atoms with Crippen molar-refractivity contribution < 1.29 is 14.3 Å². The van der Waals surface area contributed by atoms with Crippen molar-refractivity contribution in [3.8, 4) is 0 Å². The fourth-order valence-electron chi connectivity index (χ4n) is 1.15. The fourth-order valence-corrected chi connectivity index (χ4v) is 1.66. The molecule has 0 bridgehead atoms. The van der Waals surface area contributed by atoms with E-state index in [9.17, 15) is 9.59 Å². The van der Waals surface area contributed by atoms with Crippen LogP contribution >= 0.6 is 23.2 Å². The van der Waals surface area contributed by atoms with Crippen LogP contribution in [0.4, 0.5) is 0 Å². The van der Waals surface area contributed by atoms with Crippen molar-refractivity contribution in [3.05, 3.63) is 39.9 Å². The van der Waals surface area contributed by atoms with Gasteiger partial charge in [-0.2, -0.15) is 0 Å². The van der Waals surface area contributed by atoms with Crippen molar-refractivity contribution in [2.75, 3.05) is 7.11 Å². The first-order valence-corrected chi connectivity index (χ1v) is 5.05. The SMILES string of the molecule is COC(=O)/C(=C\C=O)c1ccc(Cl)cc1Cl. The highest BCUT2D eigenvalue weighted by Gasteiger charge is 2.15. The summed E-state index contributed by atoms with van der Waals surface area (Å²) >= 11 is 11.6. The lowest BCUT2D eigenvalue weighted by Gasteiger charge is -2.06. The van der Waals surface area contributed by atoms with Gasteiger partial charge >= 0.3 is 5.97 Å². The van der Waals surface area contributed by atoms with Crippen molar-refractivity contribution in [1.82, 2.24) is 0 Å². The van der Waals surface area contributed by atoms with E-state index in [2.05, 4.69) is 4.74 Å². The van der Waals surface area contributed by atoms with Gasteiger partial charge in [0.15, 0.2) is 0 Å². The largest absolute Gasteiger partial charge is 0.465 e. The summed E-state index contributed by atoms with van der Waals surface area (Å²) in [5.41, 5.74) is 0.504. The molecule has 0 atom stereocenters. The number of aldehydes is 1. The van der Waals surface area contributed by atoms with Crippen LogP contribution < -0.4 is 0 Å². The van der Waals surface area contributed by atoms with Gasteiger partial charge in [0.25, 0.3) is 0 Å². The van der Waals surface area contributed by atoms with E-state index in [1.165, 1.54) is 13.2 Å². The van der Waals surface area contributed by atoms with Gasteiger partial charge in [-0.1, -0.05) is 29.3 Å². The van der Waals surface area contributed by atoms with Crippen LogP contribution in [0.15, 0.2) is 24.3 Å². The highest BCUT2D eigenvalue weighted by molar-refractivity contribution is 6.37. The molecule has 0 N–H and O–H groups in total. The number of allylic oxidation sites excluding steroid dienone is 1. The van der Waals surface area contributed by atoms with Crippen LogP contribution in [0.3, 0.4) is 0 Å². The molecule has 0 heterocycles. The van der Waals surface area contributed by atoms with Crippen LogP contribution in [-0.2, 0) is 14.3 Å². The lowest BCUT2D eigenvalue weighted by Crippen LogP contribution is -2.04. The molecule has 16 heavy (non-hydrogen) atoms. The Morgan fingerprint density at radius 3 is 2.56 bits per heavy atom. The van der Waals surface area contributed by atoms with Crippen molar-refractivity contribution in [2.24, 2.45) is 0 Å². The average Bonchev–Trinajstić information content (AvgIpc) is 2.26. The predicted octanol–water partition coefficient (Wildman–Crippen LogP) is 2.75. The van der Waals surface area contributed by atoms with Crippen LogP contribution in [0.1, 0.15) is 5.56 Å². The van der Waals surface area contributed by atoms with E-state index < -0.39 is 5.97 Å². The second-order valence-electron chi connectivity index (χ2n) is 2.83. The minimum Gasteiger partial charge on any atom is -0.465 e. The molecule has 0 aromatic heterocycles. The molecule has 0 saturated carbocycles. The van der Waals surface area contributed by atoms with E-state index in [-0.39, 0.29) is 10.6 Å². The van der Waals surface area contributed by atoms with Crippen LogP contribution in [0.2, 0.25) is 10.0 Å². The van der Waals surface area contributed by atoms with Crippen LogP contribution in [0, 0.1) is 0 Å². The number of benzene rings is 1. The van der Waals surface area contributed by atoms with Gasteiger partial charge in [0, 0.05) is 10.6 Å². The lowest BCUT2D eigenvalue weighted by molar-refractivity contribution is -0.133. The van der Waals surface area contributed by atoms with Gasteiger partial charge in [-0.15, -0.1) is 0 Å². The number of hydrogen-bond donors (Lipinski definition) is 0. The number of methoxy groups -OCH3 is 1. The Kier molecular flexibility index (Phi) is 4.52. The van der Waals surface area contributed by atoms with E-state index in [0.29, 0.717) is 16.9 Å². The Labute approximate surface area is 103 Å². The van der Waals surface area contributed by atoms with Crippen LogP contribution in [0.25, 0.3) is 5.57 Å². The molecular weight excluding hydrogens is 251 g/mol. The molecule has 1 aromatic carbocycles. The third-order valence-electron chi connectivity index (χ3n) is 1.86. The Hall–Kier alpha value is -1.32. The molecule has 0 aliphatic heterocycles. The summed E-state index contributed by atoms with van der Waals surface area (Å²) in [6.07, 6.45) is 1.60. The first kappa shape index (κ1) is 12.7. The van der Waals surface area contributed by atoms with E-state index in [1.54, 1.807) is 12.1 Å². The molecular formula is C11H8Cl2O3. The second-order valence-corrected chi connectivity index (χ2v) is 3.68. The predicted molar refractivity (Wildman–Crippen MR) is 62.5 cm³/mol. The molecule has 0 spiro atoms. The number of esters is 1. The van der Waals surface area contributed by atoms with Gasteiger partial charge < -0.3 is 4.74 Å². The van der Waals surface area contributed by atoms with Gasteiger partial charge in [-0.05, 0) is 18.2 Å². The van der Waals surface area contributed by atoms with E-state index >= 15 is 0 Å². The maximum absolute atomic E-state index is 11.4. The molecule has 0 aliphatic rings. The van der Waals surface area contributed by atoms with Gasteiger partial charge in [0.05, 0.1) is 17.7 Å². The normalized spacial score (nSPS) is 11.1. The summed E-state index contributed by atoms with van der Waals surface area (Å²) in [6.45, 7) is 0. The van der Waals surface area contributed by atoms with E-state index in [4.69, 9.17) is 23.2 Å². The zero-order valence-corrected chi connectivity index (χ0v) is 9.88. The highest BCUT2D eigenvalue weighted by Crippen LogP contribution is 2.27. The Morgan fingerprint density at radius 2 is 2.06 bits per heavy atom. The number of rotatable bonds is 3. The van der Waals surface area contributed by atoms with Crippen molar-refractivity contribution >= 4 is 41.0 Å². The van der Waals surface area contributed by atoms with E-state index in [1.807, 2.05) is 0 Å². The zero-order valence-electron chi connectivity index (χ0n) is 8.37. The fraction of sp³-hybridized carbons (Fsp3) is 0.0909. The smallest absolute Gasteiger partial charge is 0.338 e. The first-order valence-electron chi connectivity index (χ1n) is 4.29. The van der Waals surface area contributed by atoms with Gasteiger partial charge in [0.1, 0.15) is 6.29 Å². The summed E-state index contributed by atoms with van der Waals surface area (Å²) in [4.78, 5) is 21.8. The topological polar surface area (TPSA) is 43.4 Å². The van der Waals surface area contributed by atoms with Crippen molar-refractivity contribution in [2.45, 2.75) is 0 Å². The quantitative estimate of drug-likeness (QED) is 0.476. The standard InChI is InChI=1S/C11H8Cl2O3/c1-16-11(15)9(4-5-14)8-3-2-7(12)6-10(8)13/h2-6H,1H3/b9-4-. The molecule has 5 heteroatoms. The molecule has 3 nitrogen and oxygen atoms in total. The Balaban J connectivity index is 3.27. The average molecular weight is 259 g/mol. The molecule has 0 radical (unpaired) electrons. The lowest BCUT2D eigenvalue weighted by atomic mass is 10.1. The van der Waals surface area contributed by atoms with Crippen LogP contribution in [0.5, 0.6) is 0 Å². The number of carbonyl (C=O) groups is 2. The minimum absolute atomic E-state index is 0.0965. The molecule has 1 aromatic rings. The maximum atomic E-state index is 11.4. The number of hydrogen-bond acceptors (Lipinski definition) is 3. The van der Waals surface area contributed by atoms with Gasteiger partial charge in [-0.25, -0.2) is 4.79 Å². The highest BCUT2D eigenvalue weighted by atomic mass is 35.5.